The molecule has 78 valence electrons. The summed E-state index contributed by atoms with van der Waals surface area (Å²) in [5.41, 5.74) is 0.992. The Labute approximate surface area is 123 Å². The predicted molar refractivity (Wildman–Crippen MR) is 80.0 cm³/mol. The van der Waals surface area contributed by atoms with Crippen molar-refractivity contribution in [2.75, 3.05) is 0 Å². The summed E-state index contributed by atoms with van der Waals surface area (Å²) in [6.07, 6.45) is 0. The first-order chi connectivity index (χ1) is 6.21. The van der Waals surface area contributed by atoms with Crippen LogP contribution in [0.1, 0.15) is 5.56 Å². The Kier molecular flexibility index (Phi) is 4.47. The van der Waals surface area contributed by atoms with Gasteiger partial charge in [-0.05, 0) is 85.5 Å². The third-order valence-corrected chi connectivity index (χ3v) is 4.22. The van der Waals surface area contributed by atoms with Gasteiger partial charge in [0.1, 0.15) is -0.565 Å². The van der Waals surface area contributed by atoms with Gasteiger partial charge in [-0.1, -0.05) is 12.1 Å². The Morgan fingerprint density at radius 2 is 1.50 bits per heavy atom. The number of benzene rings is 1. The first kappa shape index (κ1) is 13.4. The molecule has 0 aliphatic carbocycles. The van der Waals surface area contributed by atoms with E-state index in [1.165, 1.54) is 12.1 Å². The lowest BCUT2D eigenvalue weighted by Crippen LogP contribution is -2.01. The van der Waals surface area contributed by atoms with Crippen LogP contribution in [0.5, 0.6) is 0 Å². The molecule has 0 bridgehead atoms. The number of hydrogen-bond acceptors (Lipinski definition) is 2. The molecule has 14 heavy (non-hydrogen) atoms. The van der Waals surface area contributed by atoms with Gasteiger partial charge in [0.2, 0.25) is 0 Å². The van der Waals surface area contributed by atoms with E-state index in [0.717, 1.165) is 5.56 Å². The molecule has 1 N–H and O–H groups in total. The third kappa shape index (κ3) is 3.72. The van der Waals surface area contributed by atoms with E-state index in [-0.39, 0.29) is 4.33 Å². The topological polar surface area (TPSA) is 54.4 Å². The predicted octanol–water partition coefficient (Wildman–Crippen LogP) is 3.35. The minimum atomic E-state index is -4.07. The SMILES string of the molecule is O=S(=O)(O)c1ccc(C(I)(I)I)cc1. The van der Waals surface area contributed by atoms with Crippen molar-refractivity contribution in [3.63, 3.8) is 0 Å². The van der Waals surface area contributed by atoms with Crippen LogP contribution < -0.4 is 0 Å². The Morgan fingerprint density at radius 3 is 1.79 bits per heavy atom. The summed E-state index contributed by atoms with van der Waals surface area (Å²) in [7, 11) is -4.07. The maximum absolute atomic E-state index is 10.7. The Balaban J connectivity index is 3.14. The Hall–Kier alpha value is 1.32. The van der Waals surface area contributed by atoms with Crippen molar-refractivity contribution < 1.29 is 13.0 Å². The average molecular weight is 550 g/mol. The highest BCUT2D eigenvalue weighted by molar-refractivity contribution is 14.3. The standard InChI is InChI=1S/C7H5I3O3S/c8-7(9,10)5-1-3-6(4-2-5)14(11,12)13/h1-4H,(H,11,12,13). The minimum Gasteiger partial charge on any atom is -0.282 e. The van der Waals surface area contributed by atoms with E-state index in [9.17, 15) is 8.42 Å². The molecule has 0 saturated heterocycles. The lowest BCUT2D eigenvalue weighted by Gasteiger charge is -2.12. The van der Waals surface area contributed by atoms with Crippen molar-refractivity contribution in [1.29, 1.82) is 0 Å². The van der Waals surface area contributed by atoms with E-state index >= 15 is 0 Å². The van der Waals surface area contributed by atoms with Crippen LogP contribution in [-0.4, -0.2) is 13.0 Å². The van der Waals surface area contributed by atoms with Gasteiger partial charge in [-0.15, -0.1) is 0 Å². The Morgan fingerprint density at radius 1 is 1.07 bits per heavy atom. The maximum Gasteiger partial charge on any atom is 0.294 e. The quantitative estimate of drug-likeness (QED) is 0.350. The van der Waals surface area contributed by atoms with Crippen LogP contribution in [0.2, 0.25) is 0 Å². The number of hydrogen-bond donors (Lipinski definition) is 1. The second kappa shape index (κ2) is 4.67. The number of halogens is 3. The molecule has 1 aromatic carbocycles. The van der Waals surface area contributed by atoms with E-state index < -0.39 is 10.1 Å². The van der Waals surface area contributed by atoms with Gasteiger partial charge in [0, 0.05) is 0 Å². The first-order valence-electron chi connectivity index (χ1n) is 3.36. The monoisotopic (exact) mass is 550 g/mol. The van der Waals surface area contributed by atoms with Crippen LogP contribution in [-0.2, 0) is 9.55 Å². The average Bonchev–Trinajstić information content (AvgIpc) is 2.01. The zero-order valence-corrected chi connectivity index (χ0v) is 13.9. The molecule has 0 aromatic heterocycles. The molecule has 7 heteroatoms. The molecule has 0 aliphatic heterocycles. The second-order valence-electron chi connectivity index (χ2n) is 2.50. The van der Waals surface area contributed by atoms with Crippen molar-refractivity contribution >= 4 is 77.9 Å². The summed E-state index contributed by atoms with van der Waals surface area (Å²) in [6.45, 7) is 0. The molecule has 0 heterocycles. The molecule has 0 spiro atoms. The van der Waals surface area contributed by atoms with Crippen LogP contribution >= 0.6 is 67.8 Å². The summed E-state index contributed by atoms with van der Waals surface area (Å²) in [4.78, 5) is -0.0744. The van der Waals surface area contributed by atoms with Crippen molar-refractivity contribution in [2.24, 2.45) is 0 Å². The van der Waals surface area contributed by atoms with E-state index in [0.29, 0.717) is 0 Å². The van der Waals surface area contributed by atoms with Gasteiger partial charge in [0.15, 0.2) is 0 Å². The van der Waals surface area contributed by atoms with Gasteiger partial charge in [0.25, 0.3) is 10.1 Å². The third-order valence-electron chi connectivity index (χ3n) is 1.48. The second-order valence-corrected chi connectivity index (χ2v) is 15.0. The Bertz CT molecular complexity index is 418. The maximum atomic E-state index is 10.7. The fourth-order valence-corrected chi connectivity index (χ4v) is 2.37. The van der Waals surface area contributed by atoms with Gasteiger partial charge in [-0.3, -0.25) is 4.55 Å². The van der Waals surface area contributed by atoms with E-state index in [4.69, 9.17) is 4.55 Å². The largest absolute Gasteiger partial charge is 0.294 e. The molecule has 0 amide bonds. The molecule has 0 radical (unpaired) electrons. The molecule has 0 aliphatic rings. The van der Waals surface area contributed by atoms with Gasteiger partial charge >= 0.3 is 0 Å². The lowest BCUT2D eigenvalue weighted by molar-refractivity contribution is 0.483. The molecular weight excluding hydrogens is 545 g/mol. The molecule has 0 unspecified atom stereocenters. The summed E-state index contributed by atoms with van der Waals surface area (Å²) < 4.78 is 30.1. The van der Waals surface area contributed by atoms with E-state index in [1.807, 2.05) is 0 Å². The van der Waals surface area contributed by atoms with Crippen LogP contribution in [0.15, 0.2) is 29.2 Å². The summed E-state index contributed by atoms with van der Waals surface area (Å²) in [5, 5.41) is 0. The van der Waals surface area contributed by atoms with E-state index in [2.05, 4.69) is 67.8 Å². The van der Waals surface area contributed by atoms with Crippen molar-refractivity contribution in [3.05, 3.63) is 29.8 Å². The molecule has 0 saturated carbocycles. The molecule has 1 rings (SSSR count). The van der Waals surface area contributed by atoms with E-state index in [1.54, 1.807) is 12.1 Å². The van der Waals surface area contributed by atoms with Crippen LogP contribution in [0.25, 0.3) is 0 Å². The van der Waals surface area contributed by atoms with Crippen LogP contribution in [0, 0.1) is 0 Å². The van der Waals surface area contributed by atoms with Gasteiger partial charge in [0.05, 0.1) is 4.90 Å². The van der Waals surface area contributed by atoms with Crippen LogP contribution in [0.3, 0.4) is 0 Å². The lowest BCUT2D eigenvalue weighted by atomic mass is 10.2. The molecule has 3 nitrogen and oxygen atoms in total. The molecule has 0 fully saturated rings. The summed E-state index contributed by atoms with van der Waals surface area (Å²) in [6, 6.07) is 6.17. The highest BCUT2D eigenvalue weighted by Crippen LogP contribution is 2.45. The highest BCUT2D eigenvalue weighted by Gasteiger charge is 2.20. The highest BCUT2D eigenvalue weighted by atomic mass is 127. The molecule has 0 atom stereocenters. The number of rotatable bonds is 2. The normalized spacial score (nSPS) is 12.9. The fourth-order valence-electron chi connectivity index (χ4n) is 0.816. The molecule has 1 aromatic rings. The van der Waals surface area contributed by atoms with Crippen molar-refractivity contribution in [1.82, 2.24) is 0 Å². The van der Waals surface area contributed by atoms with Gasteiger partial charge in [-0.25, -0.2) is 0 Å². The van der Waals surface area contributed by atoms with Gasteiger partial charge < -0.3 is 0 Å². The number of alkyl halides is 3. The first-order valence-corrected chi connectivity index (χ1v) is 8.03. The molecular formula is C7H5I3O3S. The van der Waals surface area contributed by atoms with Crippen LogP contribution in [0.4, 0.5) is 0 Å². The zero-order valence-electron chi connectivity index (χ0n) is 6.62. The minimum absolute atomic E-state index is 0.0744. The van der Waals surface area contributed by atoms with Gasteiger partial charge in [-0.2, -0.15) is 8.42 Å². The van der Waals surface area contributed by atoms with Crippen molar-refractivity contribution in [2.45, 2.75) is 4.33 Å². The van der Waals surface area contributed by atoms with Crippen molar-refractivity contribution in [3.8, 4) is 0 Å². The fraction of sp³-hybridized carbons (Fsp3) is 0.143. The summed E-state index contributed by atoms with van der Waals surface area (Å²) >= 11 is 6.71. The summed E-state index contributed by atoms with van der Waals surface area (Å²) in [5.74, 6) is 0. The smallest absolute Gasteiger partial charge is 0.282 e. The zero-order chi connectivity index (χ0) is 11.0.